The molecular weight excluding hydrogens is 317 g/mol. The number of ether oxygens (including phenoxy) is 2. The van der Waals surface area contributed by atoms with Gasteiger partial charge in [0.2, 0.25) is 0 Å². The molecule has 0 fully saturated rings. The molecule has 0 heterocycles. The first-order chi connectivity index (χ1) is 11.4. The number of hydrogen-bond acceptors (Lipinski definition) is 5. The van der Waals surface area contributed by atoms with E-state index in [1.807, 2.05) is 0 Å². The summed E-state index contributed by atoms with van der Waals surface area (Å²) >= 11 is 0. The highest BCUT2D eigenvalue weighted by atomic mass is 19.1. The van der Waals surface area contributed by atoms with Crippen LogP contribution in [0.15, 0.2) is 42.5 Å². The van der Waals surface area contributed by atoms with Crippen molar-refractivity contribution in [2.45, 2.75) is 19.4 Å². The number of non-ortho nitro benzene ring substituents is 1. The second-order valence-corrected chi connectivity index (χ2v) is 5.13. The van der Waals surface area contributed by atoms with E-state index in [4.69, 9.17) is 9.47 Å². The predicted molar refractivity (Wildman–Crippen MR) is 84.3 cm³/mol. The van der Waals surface area contributed by atoms with Gasteiger partial charge in [-0.1, -0.05) is 18.2 Å². The molecule has 126 valence electrons. The Kier molecular flexibility index (Phi) is 5.47. The summed E-state index contributed by atoms with van der Waals surface area (Å²) in [6.45, 7) is 1.62. The largest absolute Gasteiger partial charge is 0.494 e. The van der Waals surface area contributed by atoms with Crippen molar-refractivity contribution < 1.29 is 23.6 Å². The van der Waals surface area contributed by atoms with Crippen molar-refractivity contribution >= 4 is 11.7 Å². The van der Waals surface area contributed by atoms with Gasteiger partial charge < -0.3 is 9.47 Å². The number of carbonyl (C=O) groups excluding carboxylic acids is 1. The fraction of sp³-hybridized carbons (Fsp3) is 0.235. The predicted octanol–water partition coefficient (Wildman–Crippen LogP) is 3.59. The summed E-state index contributed by atoms with van der Waals surface area (Å²) in [5.41, 5.74) is 0.885. The van der Waals surface area contributed by atoms with E-state index in [-0.39, 0.29) is 17.9 Å². The van der Waals surface area contributed by atoms with E-state index >= 15 is 0 Å². The number of carbonyl (C=O) groups is 1. The van der Waals surface area contributed by atoms with Crippen LogP contribution in [0.5, 0.6) is 5.75 Å². The normalized spacial score (nSPS) is 11.6. The molecule has 0 radical (unpaired) electrons. The molecule has 0 unspecified atom stereocenters. The zero-order valence-electron chi connectivity index (χ0n) is 13.2. The van der Waals surface area contributed by atoms with Crippen molar-refractivity contribution in [3.8, 4) is 5.75 Å². The molecular formula is C17H16FNO5. The van der Waals surface area contributed by atoms with Crippen LogP contribution in [0, 0.1) is 15.9 Å². The lowest BCUT2D eigenvalue weighted by Crippen LogP contribution is -2.11. The average molecular weight is 333 g/mol. The first kappa shape index (κ1) is 17.4. The first-order valence-electron chi connectivity index (χ1n) is 7.17. The van der Waals surface area contributed by atoms with E-state index in [1.54, 1.807) is 19.1 Å². The Labute approximate surface area is 138 Å². The van der Waals surface area contributed by atoms with E-state index in [9.17, 15) is 19.3 Å². The lowest BCUT2D eigenvalue weighted by atomic mass is 10.1. The van der Waals surface area contributed by atoms with E-state index in [0.29, 0.717) is 11.1 Å². The molecule has 0 aliphatic heterocycles. The Morgan fingerprint density at radius 2 is 2.04 bits per heavy atom. The molecule has 2 aromatic carbocycles. The number of nitro benzene ring substituents is 1. The summed E-state index contributed by atoms with van der Waals surface area (Å²) in [7, 11) is 1.35. The van der Waals surface area contributed by atoms with Crippen LogP contribution in [0.1, 0.15) is 24.2 Å². The summed E-state index contributed by atoms with van der Waals surface area (Å²) in [6, 6.07) is 10.1. The maximum absolute atomic E-state index is 13.6. The zero-order chi connectivity index (χ0) is 17.7. The smallest absolute Gasteiger partial charge is 0.310 e. The number of methoxy groups -OCH3 is 1. The van der Waals surface area contributed by atoms with Crippen molar-refractivity contribution in [2.24, 2.45) is 0 Å². The average Bonchev–Trinajstić information content (AvgIpc) is 2.55. The van der Waals surface area contributed by atoms with Crippen LogP contribution < -0.4 is 4.74 Å². The lowest BCUT2D eigenvalue weighted by molar-refractivity contribution is -0.385. The highest BCUT2D eigenvalue weighted by Crippen LogP contribution is 2.23. The van der Waals surface area contributed by atoms with Crippen molar-refractivity contribution in [3.05, 3.63) is 69.5 Å². The second-order valence-electron chi connectivity index (χ2n) is 5.13. The van der Waals surface area contributed by atoms with Gasteiger partial charge in [0, 0.05) is 12.1 Å². The summed E-state index contributed by atoms with van der Waals surface area (Å²) in [5, 5.41) is 10.8. The summed E-state index contributed by atoms with van der Waals surface area (Å²) < 4.78 is 23.7. The zero-order valence-corrected chi connectivity index (χ0v) is 13.2. The van der Waals surface area contributed by atoms with E-state index in [1.165, 1.54) is 37.4 Å². The number of nitro groups is 1. The maximum atomic E-state index is 13.6. The molecule has 0 aliphatic carbocycles. The van der Waals surface area contributed by atoms with Crippen molar-refractivity contribution in [1.29, 1.82) is 0 Å². The van der Waals surface area contributed by atoms with Gasteiger partial charge in [-0.05, 0) is 30.2 Å². The van der Waals surface area contributed by atoms with E-state index < -0.39 is 22.8 Å². The highest BCUT2D eigenvalue weighted by Gasteiger charge is 2.16. The van der Waals surface area contributed by atoms with Gasteiger partial charge in [0.15, 0.2) is 11.6 Å². The minimum absolute atomic E-state index is 0.0763. The van der Waals surface area contributed by atoms with Crippen LogP contribution in [0.4, 0.5) is 10.1 Å². The number of halogens is 1. The van der Waals surface area contributed by atoms with Gasteiger partial charge in [-0.15, -0.1) is 0 Å². The SMILES string of the molecule is COc1ccc(CC(=O)O[C@@H](C)c2cccc([N+](=O)[O-])c2)cc1F. The summed E-state index contributed by atoms with van der Waals surface area (Å²) in [5.74, 6) is -1.02. The molecule has 0 amide bonds. The molecule has 0 bridgehead atoms. The van der Waals surface area contributed by atoms with Gasteiger partial charge in [0.1, 0.15) is 6.10 Å². The minimum Gasteiger partial charge on any atom is -0.494 e. The Hall–Kier alpha value is -2.96. The minimum atomic E-state index is -0.652. The molecule has 0 saturated carbocycles. The second kappa shape index (κ2) is 7.54. The van der Waals surface area contributed by atoms with Crippen LogP contribution >= 0.6 is 0 Å². The van der Waals surface area contributed by atoms with Gasteiger partial charge in [-0.3, -0.25) is 14.9 Å². The molecule has 0 spiro atoms. The van der Waals surface area contributed by atoms with Crippen molar-refractivity contribution in [1.82, 2.24) is 0 Å². The van der Waals surface area contributed by atoms with Crippen LogP contribution in [-0.4, -0.2) is 18.0 Å². The molecule has 24 heavy (non-hydrogen) atoms. The summed E-state index contributed by atoms with van der Waals surface area (Å²) in [4.78, 5) is 22.2. The third-order valence-corrected chi connectivity index (χ3v) is 3.42. The van der Waals surface area contributed by atoms with Crippen LogP contribution in [0.25, 0.3) is 0 Å². The number of esters is 1. The lowest BCUT2D eigenvalue weighted by Gasteiger charge is -2.13. The fourth-order valence-corrected chi connectivity index (χ4v) is 2.18. The molecule has 0 saturated heterocycles. The van der Waals surface area contributed by atoms with Gasteiger partial charge in [-0.2, -0.15) is 0 Å². The van der Waals surface area contributed by atoms with Crippen LogP contribution in [0.3, 0.4) is 0 Å². The Morgan fingerprint density at radius 1 is 1.29 bits per heavy atom. The highest BCUT2D eigenvalue weighted by molar-refractivity contribution is 5.73. The first-order valence-corrected chi connectivity index (χ1v) is 7.17. The van der Waals surface area contributed by atoms with E-state index in [0.717, 1.165) is 0 Å². The van der Waals surface area contributed by atoms with Crippen molar-refractivity contribution in [3.63, 3.8) is 0 Å². The quantitative estimate of drug-likeness (QED) is 0.458. The number of nitrogens with zero attached hydrogens (tertiary/aromatic N) is 1. The van der Waals surface area contributed by atoms with Gasteiger partial charge >= 0.3 is 5.97 Å². The maximum Gasteiger partial charge on any atom is 0.310 e. The molecule has 7 heteroatoms. The Bertz CT molecular complexity index is 762. The van der Waals surface area contributed by atoms with Crippen LogP contribution in [0.2, 0.25) is 0 Å². The molecule has 1 atom stereocenters. The third-order valence-electron chi connectivity index (χ3n) is 3.42. The third kappa shape index (κ3) is 4.28. The van der Waals surface area contributed by atoms with Gasteiger partial charge in [0.25, 0.3) is 5.69 Å². The number of benzene rings is 2. The molecule has 2 aromatic rings. The topological polar surface area (TPSA) is 78.7 Å². The molecule has 0 aromatic heterocycles. The molecule has 2 rings (SSSR count). The molecule has 0 N–H and O–H groups in total. The van der Waals surface area contributed by atoms with Crippen molar-refractivity contribution in [2.75, 3.05) is 7.11 Å². The number of hydrogen-bond donors (Lipinski definition) is 0. The van der Waals surface area contributed by atoms with Gasteiger partial charge in [-0.25, -0.2) is 4.39 Å². The van der Waals surface area contributed by atoms with Crippen LogP contribution in [-0.2, 0) is 16.0 Å². The molecule has 6 nitrogen and oxygen atoms in total. The summed E-state index contributed by atoms with van der Waals surface area (Å²) in [6.07, 6.45) is -0.763. The monoisotopic (exact) mass is 333 g/mol. The Balaban J connectivity index is 2.02. The number of rotatable bonds is 6. The van der Waals surface area contributed by atoms with Gasteiger partial charge in [0.05, 0.1) is 18.5 Å². The Morgan fingerprint density at radius 3 is 2.67 bits per heavy atom. The standard InChI is InChI=1S/C17H16FNO5/c1-11(13-4-3-5-14(10-13)19(21)22)24-17(20)9-12-6-7-16(23-2)15(18)8-12/h3-8,10-11H,9H2,1-2H3/t11-/m0/s1. The molecule has 0 aliphatic rings. The van der Waals surface area contributed by atoms with E-state index in [2.05, 4.69) is 0 Å². The fourth-order valence-electron chi connectivity index (χ4n) is 2.18.